The van der Waals surface area contributed by atoms with E-state index in [1.807, 2.05) is 12.1 Å². The Labute approximate surface area is 137 Å². The third kappa shape index (κ3) is 2.32. The second kappa shape index (κ2) is 5.19. The van der Waals surface area contributed by atoms with Gasteiger partial charge in [0.25, 0.3) is 10.0 Å². The quantitative estimate of drug-likeness (QED) is 0.914. The number of aliphatic carboxylic acids is 1. The van der Waals surface area contributed by atoms with Crippen LogP contribution in [0.2, 0.25) is 5.02 Å². The summed E-state index contributed by atoms with van der Waals surface area (Å²) in [6.45, 7) is 1.72. The predicted molar refractivity (Wildman–Crippen MR) is 86.0 cm³/mol. The van der Waals surface area contributed by atoms with Crippen molar-refractivity contribution in [3.63, 3.8) is 0 Å². The summed E-state index contributed by atoms with van der Waals surface area (Å²) in [7, 11) is -3.78. The normalized spacial score (nSPS) is 23.2. The first-order valence-electron chi connectivity index (χ1n) is 6.66. The third-order valence-electron chi connectivity index (χ3n) is 4.03. The van der Waals surface area contributed by atoms with Crippen LogP contribution in [0.15, 0.2) is 28.5 Å². The molecule has 0 amide bonds. The molecule has 1 N–H and O–H groups in total. The van der Waals surface area contributed by atoms with Gasteiger partial charge in [0, 0.05) is 23.2 Å². The molecule has 0 spiro atoms. The van der Waals surface area contributed by atoms with Gasteiger partial charge in [0.05, 0.1) is 10.4 Å². The van der Waals surface area contributed by atoms with Gasteiger partial charge in [-0.2, -0.15) is 4.31 Å². The zero-order valence-corrected chi connectivity index (χ0v) is 14.1. The van der Waals surface area contributed by atoms with Gasteiger partial charge in [0.1, 0.15) is 0 Å². The van der Waals surface area contributed by atoms with Crippen LogP contribution in [-0.4, -0.2) is 36.9 Å². The number of hydrogen-bond acceptors (Lipinski definition) is 4. The second-order valence-corrected chi connectivity index (χ2v) is 9.22. The van der Waals surface area contributed by atoms with E-state index in [9.17, 15) is 18.3 Å². The molecule has 0 aliphatic carbocycles. The van der Waals surface area contributed by atoms with E-state index in [0.717, 1.165) is 16.0 Å². The Bertz CT molecular complexity index is 861. The number of rotatable bonds is 3. The van der Waals surface area contributed by atoms with Crippen LogP contribution in [0.4, 0.5) is 0 Å². The van der Waals surface area contributed by atoms with Gasteiger partial charge >= 0.3 is 5.97 Å². The molecule has 1 aromatic carbocycles. The molecule has 1 atom stereocenters. The van der Waals surface area contributed by atoms with Gasteiger partial charge in [-0.25, -0.2) is 8.42 Å². The van der Waals surface area contributed by atoms with Crippen molar-refractivity contribution in [1.82, 2.24) is 4.31 Å². The standard InChI is InChI=1S/C14H14ClNO4S2/c1-14(13(17)18)6-7-16(8-14)22(19,20)12-11(15)9-4-2-3-5-10(9)21-12/h2-5H,6-8H2,1H3,(H,17,18). The van der Waals surface area contributed by atoms with Crippen LogP contribution < -0.4 is 0 Å². The van der Waals surface area contributed by atoms with Gasteiger partial charge in [0.2, 0.25) is 0 Å². The highest BCUT2D eigenvalue weighted by atomic mass is 35.5. The number of nitrogens with zero attached hydrogens (tertiary/aromatic N) is 1. The molecule has 1 unspecified atom stereocenters. The zero-order chi connectivity index (χ0) is 16.1. The number of sulfonamides is 1. The Hall–Kier alpha value is -1.15. The van der Waals surface area contributed by atoms with Crippen molar-refractivity contribution in [3.8, 4) is 0 Å². The number of carbonyl (C=O) groups is 1. The molecular weight excluding hydrogens is 346 g/mol. The maximum absolute atomic E-state index is 12.8. The number of fused-ring (bicyclic) bond motifs is 1. The number of thiophene rings is 1. The molecule has 1 saturated heterocycles. The molecule has 0 radical (unpaired) electrons. The molecule has 5 nitrogen and oxygen atoms in total. The predicted octanol–water partition coefficient (Wildman–Crippen LogP) is 3.04. The maximum Gasteiger partial charge on any atom is 0.310 e. The van der Waals surface area contributed by atoms with E-state index < -0.39 is 21.4 Å². The van der Waals surface area contributed by atoms with E-state index in [1.54, 1.807) is 19.1 Å². The number of carboxylic acid groups (broad SMARTS) is 1. The molecule has 0 bridgehead atoms. The van der Waals surface area contributed by atoms with Crippen LogP contribution in [0, 0.1) is 5.41 Å². The highest BCUT2D eigenvalue weighted by molar-refractivity contribution is 7.91. The molecule has 0 saturated carbocycles. The van der Waals surface area contributed by atoms with E-state index in [2.05, 4.69) is 0 Å². The summed E-state index contributed by atoms with van der Waals surface area (Å²) in [6.07, 6.45) is 0.296. The van der Waals surface area contributed by atoms with Crippen LogP contribution in [0.3, 0.4) is 0 Å². The van der Waals surface area contributed by atoms with Crippen LogP contribution in [0.1, 0.15) is 13.3 Å². The Morgan fingerprint density at radius 1 is 1.41 bits per heavy atom. The summed E-state index contributed by atoms with van der Waals surface area (Å²) in [4.78, 5) is 11.3. The minimum atomic E-state index is -3.78. The lowest BCUT2D eigenvalue weighted by Crippen LogP contribution is -2.34. The second-order valence-electron chi connectivity index (χ2n) is 5.65. The highest BCUT2D eigenvalue weighted by Gasteiger charge is 2.45. The van der Waals surface area contributed by atoms with Gasteiger partial charge in [-0.3, -0.25) is 4.79 Å². The first-order valence-corrected chi connectivity index (χ1v) is 9.30. The molecule has 2 aromatic rings. The van der Waals surface area contributed by atoms with Crippen molar-refractivity contribution >= 4 is 49.0 Å². The third-order valence-corrected chi connectivity index (χ3v) is 8.16. The topological polar surface area (TPSA) is 74.7 Å². The van der Waals surface area contributed by atoms with Gasteiger partial charge in [0.15, 0.2) is 4.21 Å². The molecule has 3 rings (SSSR count). The minimum Gasteiger partial charge on any atom is -0.481 e. The molecule has 1 aliphatic heterocycles. The molecule has 1 fully saturated rings. The largest absolute Gasteiger partial charge is 0.481 e. The van der Waals surface area contributed by atoms with Crippen LogP contribution >= 0.6 is 22.9 Å². The van der Waals surface area contributed by atoms with E-state index in [1.165, 1.54) is 4.31 Å². The lowest BCUT2D eigenvalue weighted by atomic mass is 9.90. The van der Waals surface area contributed by atoms with Gasteiger partial charge < -0.3 is 5.11 Å². The first-order chi connectivity index (χ1) is 10.3. The fraction of sp³-hybridized carbons (Fsp3) is 0.357. The van der Waals surface area contributed by atoms with Crippen molar-refractivity contribution in [2.75, 3.05) is 13.1 Å². The van der Waals surface area contributed by atoms with Crippen molar-refractivity contribution in [2.24, 2.45) is 5.41 Å². The molecule has 22 heavy (non-hydrogen) atoms. The SMILES string of the molecule is CC1(C(=O)O)CCN(S(=O)(=O)c2sc3ccccc3c2Cl)C1. The summed E-state index contributed by atoms with van der Waals surface area (Å²) < 4.78 is 27.7. The summed E-state index contributed by atoms with van der Waals surface area (Å²) in [5, 5.41) is 10.2. The summed E-state index contributed by atoms with van der Waals surface area (Å²) >= 11 is 7.36. The van der Waals surface area contributed by atoms with E-state index in [-0.39, 0.29) is 22.3 Å². The van der Waals surface area contributed by atoms with Crippen LogP contribution in [0.5, 0.6) is 0 Å². The first kappa shape index (κ1) is 15.7. The van der Waals surface area contributed by atoms with Crippen molar-refractivity contribution in [2.45, 2.75) is 17.6 Å². The zero-order valence-electron chi connectivity index (χ0n) is 11.7. The maximum atomic E-state index is 12.8. The number of carboxylic acids is 1. The van der Waals surface area contributed by atoms with E-state index >= 15 is 0 Å². The van der Waals surface area contributed by atoms with Gasteiger partial charge in [-0.15, -0.1) is 11.3 Å². The average molecular weight is 360 g/mol. The summed E-state index contributed by atoms with van der Waals surface area (Å²) in [5.41, 5.74) is -1.05. The minimum absolute atomic E-state index is 0.0325. The lowest BCUT2D eigenvalue weighted by Gasteiger charge is -2.19. The Kier molecular flexibility index (Phi) is 3.71. The van der Waals surface area contributed by atoms with E-state index in [4.69, 9.17) is 11.6 Å². The van der Waals surface area contributed by atoms with E-state index in [0.29, 0.717) is 11.8 Å². The smallest absolute Gasteiger partial charge is 0.310 e. The molecule has 8 heteroatoms. The molecular formula is C14H14ClNO4S2. The summed E-state index contributed by atoms with van der Waals surface area (Å²) in [6, 6.07) is 7.21. The Morgan fingerprint density at radius 2 is 2.09 bits per heavy atom. The number of hydrogen-bond donors (Lipinski definition) is 1. The monoisotopic (exact) mass is 359 g/mol. The molecule has 2 heterocycles. The number of halogens is 1. The molecule has 1 aliphatic rings. The van der Waals surface area contributed by atoms with Crippen LogP contribution in [0.25, 0.3) is 10.1 Å². The van der Waals surface area contributed by atoms with Crippen molar-refractivity contribution < 1.29 is 18.3 Å². The van der Waals surface area contributed by atoms with Gasteiger partial charge in [-0.1, -0.05) is 29.8 Å². The van der Waals surface area contributed by atoms with Crippen molar-refractivity contribution in [1.29, 1.82) is 0 Å². The Morgan fingerprint density at radius 3 is 2.68 bits per heavy atom. The van der Waals surface area contributed by atoms with Gasteiger partial charge in [-0.05, 0) is 19.4 Å². The van der Waals surface area contributed by atoms with Crippen LogP contribution in [-0.2, 0) is 14.8 Å². The average Bonchev–Trinajstić information content (AvgIpc) is 3.03. The number of benzene rings is 1. The summed E-state index contributed by atoms with van der Waals surface area (Å²) in [5.74, 6) is -0.979. The van der Waals surface area contributed by atoms with Crippen molar-refractivity contribution in [3.05, 3.63) is 29.3 Å². The Balaban J connectivity index is 2.03. The molecule has 118 valence electrons. The molecule has 1 aromatic heterocycles. The fourth-order valence-corrected chi connectivity index (χ4v) is 6.39. The fourth-order valence-electron chi connectivity index (χ4n) is 2.57. The highest BCUT2D eigenvalue weighted by Crippen LogP contribution is 2.42. The lowest BCUT2D eigenvalue weighted by molar-refractivity contribution is -0.146.